The average molecular weight is 221 g/mol. The summed E-state index contributed by atoms with van der Waals surface area (Å²) in [6.45, 7) is 5.00. The molecule has 0 spiro atoms. The minimum absolute atomic E-state index is 0.0481. The summed E-state index contributed by atoms with van der Waals surface area (Å²) in [7, 11) is 0. The van der Waals surface area contributed by atoms with Gasteiger partial charge in [-0.15, -0.1) is 0 Å². The van der Waals surface area contributed by atoms with Gasteiger partial charge >= 0.3 is 0 Å². The van der Waals surface area contributed by atoms with Crippen molar-refractivity contribution >= 4 is 5.91 Å². The van der Waals surface area contributed by atoms with E-state index in [0.717, 1.165) is 31.6 Å². The highest BCUT2D eigenvalue weighted by Gasteiger charge is 2.25. The number of furan rings is 1. The van der Waals surface area contributed by atoms with Crippen LogP contribution in [0, 0.1) is 0 Å². The van der Waals surface area contributed by atoms with Gasteiger partial charge in [0.05, 0.1) is 0 Å². The summed E-state index contributed by atoms with van der Waals surface area (Å²) < 4.78 is 5.50. The Bertz CT molecular complexity index is 370. The number of carbonyl (C=O) groups excluding carboxylic acids is 1. The van der Waals surface area contributed by atoms with Gasteiger partial charge in [0.15, 0.2) is 5.76 Å². The summed E-state index contributed by atoms with van der Waals surface area (Å²) in [5.74, 6) is 1.42. The van der Waals surface area contributed by atoms with Gasteiger partial charge in [0.25, 0.3) is 5.91 Å². The Morgan fingerprint density at radius 1 is 1.50 bits per heavy atom. The molecule has 1 aliphatic heterocycles. The summed E-state index contributed by atoms with van der Waals surface area (Å²) >= 11 is 0. The van der Waals surface area contributed by atoms with E-state index in [4.69, 9.17) is 4.42 Å². The Hall–Kier alpha value is -1.25. The first kappa shape index (κ1) is 11.2. The molecule has 2 rings (SSSR count). The first-order valence-corrected chi connectivity index (χ1v) is 6.12. The Balaban J connectivity index is 2.11. The van der Waals surface area contributed by atoms with Crippen LogP contribution in [0.3, 0.4) is 0 Å². The van der Waals surface area contributed by atoms with Gasteiger partial charge in [-0.2, -0.15) is 0 Å². The molecule has 2 heterocycles. The third kappa shape index (κ3) is 2.13. The summed E-state index contributed by atoms with van der Waals surface area (Å²) in [6.07, 6.45) is 4.27. The van der Waals surface area contributed by atoms with E-state index in [1.54, 1.807) is 6.07 Å². The fourth-order valence-corrected chi connectivity index (χ4v) is 2.22. The number of hydrogen-bond donors (Lipinski definition) is 0. The van der Waals surface area contributed by atoms with Gasteiger partial charge in [0.1, 0.15) is 5.76 Å². The van der Waals surface area contributed by atoms with Gasteiger partial charge in [-0.3, -0.25) is 4.79 Å². The minimum atomic E-state index is 0.0481. The van der Waals surface area contributed by atoms with Gasteiger partial charge in [-0.25, -0.2) is 0 Å². The second-order valence-electron chi connectivity index (χ2n) is 4.46. The summed E-state index contributed by atoms with van der Waals surface area (Å²) in [4.78, 5) is 14.1. The standard InChI is InChI=1S/C13H19NO2/c1-3-11-7-8-12(16-11)13(15)14-9-5-4-6-10(14)2/h7-8,10H,3-6,9H2,1-2H3. The smallest absolute Gasteiger partial charge is 0.289 e. The van der Waals surface area contributed by atoms with E-state index in [1.165, 1.54) is 6.42 Å². The Morgan fingerprint density at radius 3 is 2.94 bits per heavy atom. The lowest BCUT2D eigenvalue weighted by atomic mass is 10.0. The van der Waals surface area contributed by atoms with Crippen molar-refractivity contribution in [2.45, 2.75) is 45.6 Å². The molecule has 0 aliphatic carbocycles. The molecule has 0 radical (unpaired) electrons. The van der Waals surface area contributed by atoms with Crippen LogP contribution in [0.2, 0.25) is 0 Å². The SMILES string of the molecule is CCc1ccc(C(=O)N2CCCCC2C)o1. The van der Waals surface area contributed by atoms with Gasteiger partial charge < -0.3 is 9.32 Å². The van der Waals surface area contributed by atoms with Gasteiger partial charge in [0, 0.05) is 19.0 Å². The summed E-state index contributed by atoms with van der Waals surface area (Å²) in [5, 5.41) is 0. The molecule has 3 nitrogen and oxygen atoms in total. The topological polar surface area (TPSA) is 33.5 Å². The molecule has 1 atom stereocenters. The van der Waals surface area contributed by atoms with Crippen LogP contribution in [0.25, 0.3) is 0 Å². The number of nitrogens with zero attached hydrogens (tertiary/aromatic N) is 1. The van der Waals surface area contributed by atoms with Crippen LogP contribution < -0.4 is 0 Å². The molecule has 0 N–H and O–H groups in total. The molecule has 1 amide bonds. The largest absolute Gasteiger partial charge is 0.456 e. The molecule has 0 saturated carbocycles. The fraction of sp³-hybridized carbons (Fsp3) is 0.615. The maximum Gasteiger partial charge on any atom is 0.289 e. The molecule has 1 fully saturated rings. The van der Waals surface area contributed by atoms with Crippen LogP contribution in [-0.2, 0) is 6.42 Å². The molecule has 0 aromatic carbocycles. The maximum atomic E-state index is 12.2. The van der Waals surface area contributed by atoms with Gasteiger partial charge in [-0.05, 0) is 38.3 Å². The predicted octanol–water partition coefficient (Wildman–Crippen LogP) is 2.86. The predicted molar refractivity (Wildman–Crippen MR) is 62.4 cm³/mol. The molecule has 16 heavy (non-hydrogen) atoms. The van der Waals surface area contributed by atoms with Crippen molar-refractivity contribution < 1.29 is 9.21 Å². The van der Waals surface area contributed by atoms with E-state index in [1.807, 2.05) is 17.9 Å². The zero-order chi connectivity index (χ0) is 11.5. The second kappa shape index (κ2) is 4.73. The Morgan fingerprint density at radius 2 is 2.31 bits per heavy atom. The number of rotatable bonds is 2. The number of amides is 1. The number of hydrogen-bond acceptors (Lipinski definition) is 2. The lowest BCUT2D eigenvalue weighted by molar-refractivity contribution is 0.0601. The molecule has 88 valence electrons. The van der Waals surface area contributed by atoms with Crippen LogP contribution in [0.5, 0.6) is 0 Å². The van der Waals surface area contributed by atoms with Crippen molar-refractivity contribution in [3.05, 3.63) is 23.7 Å². The summed E-state index contributed by atoms with van der Waals surface area (Å²) in [6, 6.07) is 4.03. The van der Waals surface area contributed by atoms with Crippen molar-refractivity contribution in [3.8, 4) is 0 Å². The lowest BCUT2D eigenvalue weighted by Crippen LogP contribution is -2.41. The van der Waals surface area contributed by atoms with Crippen LogP contribution in [0.4, 0.5) is 0 Å². The van der Waals surface area contributed by atoms with E-state index >= 15 is 0 Å². The minimum Gasteiger partial charge on any atom is -0.456 e. The zero-order valence-corrected chi connectivity index (χ0v) is 10.0. The Labute approximate surface area is 96.4 Å². The van der Waals surface area contributed by atoms with Crippen LogP contribution in [0.1, 0.15) is 49.4 Å². The first-order chi connectivity index (χ1) is 7.72. The maximum absolute atomic E-state index is 12.2. The molecule has 1 unspecified atom stereocenters. The molecule has 0 bridgehead atoms. The number of likely N-dealkylation sites (tertiary alicyclic amines) is 1. The summed E-state index contributed by atoms with van der Waals surface area (Å²) in [5.41, 5.74) is 0. The lowest BCUT2D eigenvalue weighted by Gasteiger charge is -2.32. The third-order valence-electron chi connectivity index (χ3n) is 3.28. The number of piperidine rings is 1. The van der Waals surface area contributed by atoms with Gasteiger partial charge in [-0.1, -0.05) is 6.92 Å². The monoisotopic (exact) mass is 221 g/mol. The third-order valence-corrected chi connectivity index (χ3v) is 3.28. The van der Waals surface area contributed by atoms with Crippen molar-refractivity contribution in [1.82, 2.24) is 4.90 Å². The van der Waals surface area contributed by atoms with E-state index in [9.17, 15) is 4.79 Å². The van der Waals surface area contributed by atoms with Gasteiger partial charge in [0.2, 0.25) is 0 Å². The fourth-order valence-electron chi connectivity index (χ4n) is 2.22. The van der Waals surface area contributed by atoms with Crippen molar-refractivity contribution in [3.63, 3.8) is 0 Å². The molecular weight excluding hydrogens is 202 g/mol. The van der Waals surface area contributed by atoms with Crippen molar-refractivity contribution in [1.29, 1.82) is 0 Å². The first-order valence-electron chi connectivity index (χ1n) is 6.12. The molecule has 1 aromatic rings. The average Bonchev–Trinajstić information content (AvgIpc) is 2.77. The van der Waals surface area contributed by atoms with E-state index in [-0.39, 0.29) is 5.91 Å². The van der Waals surface area contributed by atoms with Crippen LogP contribution in [-0.4, -0.2) is 23.4 Å². The highest BCUT2D eigenvalue weighted by atomic mass is 16.4. The highest BCUT2D eigenvalue weighted by Crippen LogP contribution is 2.20. The van der Waals surface area contributed by atoms with E-state index in [2.05, 4.69) is 6.92 Å². The van der Waals surface area contributed by atoms with Crippen LogP contribution >= 0.6 is 0 Å². The normalized spacial score (nSPS) is 21.1. The molecule has 3 heteroatoms. The molecule has 1 saturated heterocycles. The Kier molecular flexibility index (Phi) is 3.32. The van der Waals surface area contributed by atoms with E-state index < -0.39 is 0 Å². The van der Waals surface area contributed by atoms with Crippen molar-refractivity contribution in [2.24, 2.45) is 0 Å². The number of carbonyl (C=O) groups is 1. The van der Waals surface area contributed by atoms with Crippen LogP contribution in [0.15, 0.2) is 16.5 Å². The molecule has 1 aromatic heterocycles. The molecular formula is C13H19NO2. The van der Waals surface area contributed by atoms with Crippen molar-refractivity contribution in [2.75, 3.05) is 6.54 Å². The highest BCUT2D eigenvalue weighted by molar-refractivity contribution is 5.91. The second-order valence-corrected chi connectivity index (χ2v) is 4.46. The molecule has 1 aliphatic rings. The quantitative estimate of drug-likeness (QED) is 0.769. The number of aryl methyl sites for hydroxylation is 1. The van der Waals surface area contributed by atoms with E-state index in [0.29, 0.717) is 11.8 Å². The zero-order valence-electron chi connectivity index (χ0n) is 10.0.